The standard InChI is InChI=1S/C11H15FO4S/c1-2-17(15,16)10(7-13)11(14)8-5-3-4-6-9(8)12/h3-6,10-11,13-14H,2,7H2,1H3. The summed E-state index contributed by atoms with van der Waals surface area (Å²) in [7, 11) is -3.64. The molecule has 6 heteroatoms. The van der Waals surface area contributed by atoms with Crippen molar-refractivity contribution >= 4 is 9.84 Å². The van der Waals surface area contributed by atoms with Crippen LogP contribution < -0.4 is 0 Å². The van der Waals surface area contributed by atoms with Gasteiger partial charge in [0.05, 0.1) is 6.61 Å². The molecule has 0 saturated heterocycles. The van der Waals surface area contributed by atoms with E-state index in [1.807, 2.05) is 0 Å². The molecule has 2 N–H and O–H groups in total. The Balaban J connectivity index is 3.11. The van der Waals surface area contributed by atoms with Crippen molar-refractivity contribution in [2.45, 2.75) is 18.3 Å². The topological polar surface area (TPSA) is 74.6 Å². The highest BCUT2D eigenvalue weighted by Crippen LogP contribution is 2.24. The first-order valence-corrected chi connectivity index (χ1v) is 6.90. The van der Waals surface area contributed by atoms with Crippen LogP contribution in [0.4, 0.5) is 4.39 Å². The summed E-state index contributed by atoms with van der Waals surface area (Å²) in [6.45, 7) is 0.664. The maximum Gasteiger partial charge on any atom is 0.158 e. The van der Waals surface area contributed by atoms with Gasteiger partial charge in [0.2, 0.25) is 0 Å². The highest BCUT2D eigenvalue weighted by Gasteiger charge is 2.32. The summed E-state index contributed by atoms with van der Waals surface area (Å²) in [5, 5.41) is 17.5. The summed E-state index contributed by atoms with van der Waals surface area (Å²) in [4.78, 5) is 0. The highest BCUT2D eigenvalue weighted by molar-refractivity contribution is 7.92. The number of aliphatic hydroxyl groups is 2. The fourth-order valence-electron chi connectivity index (χ4n) is 1.54. The number of halogens is 1. The summed E-state index contributed by atoms with van der Waals surface area (Å²) in [5.74, 6) is -0.909. The van der Waals surface area contributed by atoms with Gasteiger partial charge in [-0.15, -0.1) is 0 Å². The van der Waals surface area contributed by atoms with Crippen molar-refractivity contribution in [3.05, 3.63) is 35.6 Å². The summed E-state index contributed by atoms with van der Waals surface area (Å²) in [6.07, 6.45) is -1.56. The first-order valence-electron chi connectivity index (χ1n) is 5.19. The van der Waals surface area contributed by atoms with Gasteiger partial charge in [-0.25, -0.2) is 12.8 Å². The van der Waals surface area contributed by atoms with Gasteiger partial charge in [-0.1, -0.05) is 25.1 Å². The van der Waals surface area contributed by atoms with Crippen molar-refractivity contribution in [3.63, 3.8) is 0 Å². The zero-order valence-corrected chi connectivity index (χ0v) is 10.2. The Morgan fingerprint density at radius 2 is 1.94 bits per heavy atom. The van der Waals surface area contributed by atoms with Gasteiger partial charge in [0.15, 0.2) is 9.84 Å². The predicted octanol–water partition coefficient (Wildman–Crippen LogP) is 0.655. The molecule has 2 unspecified atom stereocenters. The number of rotatable bonds is 5. The summed E-state index contributed by atoms with van der Waals surface area (Å²) < 4.78 is 36.6. The van der Waals surface area contributed by atoms with Crippen LogP contribution in [0.1, 0.15) is 18.6 Å². The minimum absolute atomic E-state index is 0.122. The van der Waals surface area contributed by atoms with Gasteiger partial charge in [0.1, 0.15) is 17.2 Å². The van der Waals surface area contributed by atoms with Crippen LogP contribution in [0.2, 0.25) is 0 Å². The molecule has 1 aromatic carbocycles. The summed E-state index contributed by atoms with van der Waals surface area (Å²) in [5.41, 5.74) is -0.122. The maximum atomic E-state index is 13.4. The number of sulfone groups is 1. The van der Waals surface area contributed by atoms with Gasteiger partial charge in [-0.2, -0.15) is 0 Å². The second-order valence-corrected chi connectivity index (χ2v) is 6.15. The van der Waals surface area contributed by atoms with E-state index in [0.29, 0.717) is 0 Å². The normalized spacial score (nSPS) is 15.5. The molecule has 0 amide bonds. The molecular weight excluding hydrogens is 247 g/mol. The maximum absolute atomic E-state index is 13.4. The molecule has 17 heavy (non-hydrogen) atoms. The second-order valence-electron chi connectivity index (χ2n) is 3.64. The Morgan fingerprint density at radius 1 is 1.35 bits per heavy atom. The largest absolute Gasteiger partial charge is 0.395 e. The summed E-state index contributed by atoms with van der Waals surface area (Å²) in [6, 6.07) is 5.36. The lowest BCUT2D eigenvalue weighted by Gasteiger charge is -2.21. The van der Waals surface area contributed by atoms with E-state index in [2.05, 4.69) is 0 Å². The van der Waals surface area contributed by atoms with E-state index in [1.54, 1.807) is 0 Å². The SMILES string of the molecule is CCS(=O)(=O)C(CO)C(O)c1ccccc1F. The molecule has 0 aliphatic heterocycles. The quantitative estimate of drug-likeness (QED) is 0.817. The van der Waals surface area contributed by atoms with Crippen molar-refractivity contribution in [2.75, 3.05) is 12.4 Å². The van der Waals surface area contributed by atoms with Gasteiger partial charge in [-0.3, -0.25) is 0 Å². The van der Waals surface area contributed by atoms with Crippen LogP contribution >= 0.6 is 0 Å². The molecule has 96 valence electrons. The van der Waals surface area contributed by atoms with Crippen LogP contribution in [0.3, 0.4) is 0 Å². The first-order chi connectivity index (χ1) is 7.94. The van der Waals surface area contributed by atoms with Gasteiger partial charge in [0.25, 0.3) is 0 Å². The average Bonchev–Trinajstić information content (AvgIpc) is 2.30. The Morgan fingerprint density at radius 3 is 2.41 bits per heavy atom. The molecule has 0 spiro atoms. The molecule has 4 nitrogen and oxygen atoms in total. The zero-order chi connectivity index (χ0) is 13.1. The van der Waals surface area contributed by atoms with Crippen LogP contribution in [0.15, 0.2) is 24.3 Å². The third-order valence-corrected chi connectivity index (χ3v) is 4.75. The minimum Gasteiger partial charge on any atom is -0.395 e. The van der Waals surface area contributed by atoms with Gasteiger partial charge in [-0.05, 0) is 6.07 Å². The lowest BCUT2D eigenvalue weighted by atomic mass is 10.1. The van der Waals surface area contributed by atoms with E-state index in [-0.39, 0.29) is 11.3 Å². The molecule has 1 aromatic rings. The molecule has 0 bridgehead atoms. The van der Waals surface area contributed by atoms with Crippen LogP contribution in [0.5, 0.6) is 0 Å². The fourth-order valence-corrected chi connectivity index (χ4v) is 2.73. The van der Waals surface area contributed by atoms with Gasteiger partial charge < -0.3 is 10.2 Å². The van der Waals surface area contributed by atoms with Gasteiger partial charge >= 0.3 is 0 Å². The third kappa shape index (κ3) is 3.02. The Bertz CT molecular complexity index is 472. The summed E-state index contributed by atoms with van der Waals surface area (Å²) >= 11 is 0. The molecule has 1 rings (SSSR count). The van der Waals surface area contributed by atoms with E-state index in [1.165, 1.54) is 25.1 Å². The van der Waals surface area contributed by atoms with Crippen LogP contribution in [0.25, 0.3) is 0 Å². The molecule has 0 fully saturated rings. The van der Waals surface area contributed by atoms with Crippen molar-refractivity contribution in [1.82, 2.24) is 0 Å². The fraction of sp³-hybridized carbons (Fsp3) is 0.455. The van der Waals surface area contributed by atoms with E-state index in [0.717, 1.165) is 6.07 Å². The van der Waals surface area contributed by atoms with Crippen LogP contribution in [0, 0.1) is 5.82 Å². The minimum atomic E-state index is -3.64. The number of aliphatic hydroxyl groups excluding tert-OH is 2. The van der Waals surface area contributed by atoms with Gasteiger partial charge in [0, 0.05) is 11.3 Å². The number of hydrogen-bond acceptors (Lipinski definition) is 4. The average molecular weight is 262 g/mol. The smallest absolute Gasteiger partial charge is 0.158 e. The second kappa shape index (κ2) is 5.57. The molecule has 2 atom stereocenters. The molecule has 0 saturated carbocycles. The number of hydrogen-bond donors (Lipinski definition) is 2. The third-order valence-electron chi connectivity index (χ3n) is 2.62. The monoisotopic (exact) mass is 262 g/mol. The molecule has 0 radical (unpaired) electrons. The van der Waals surface area contributed by atoms with Crippen molar-refractivity contribution in [1.29, 1.82) is 0 Å². The Kier molecular flexibility index (Phi) is 4.62. The van der Waals surface area contributed by atoms with E-state index >= 15 is 0 Å². The lowest BCUT2D eigenvalue weighted by molar-refractivity contribution is 0.134. The molecule has 0 aromatic heterocycles. The van der Waals surface area contributed by atoms with Crippen molar-refractivity contribution in [2.24, 2.45) is 0 Å². The van der Waals surface area contributed by atoms with Crippen molar-refractivity contribution < 1.29 is 23.0 Å². The van der Waals surface area contributed by atoms with Crippen molar-refractivity contribution in [3.8, 4) is 0 Å². The van der Waals surface area contributed by atoms with E-state index in [9.17, 15) is 17.9 Å². The van der Waals surface area contributed by atoms with Crippen LogP contribution in [-0.2, 0) is 9.84 Å². The Hall–Kier alpha value is -0.980. The Labute approximate surface area is 99.6 Å². The zero-order valence-electron chi connectivity index (χ0n) is 9.38. The molecule has 0 aliphatic carbocycles. The number of benzene rings is 1. The molecule has 0 heterocycles. The van der Waals surface area contributed by atoms with Crippen LogP contribution in [-0.4, -0.2) is 36.2 Å². The molecule has 0 aliphatic rings. The lowest BCUT2D eigenvalue weighted by Crippen LogP contribution is -2.33. The highest BCUT2D eigenvalue weighted by atomic mass is 32.2. The molecular formula is C11H15FO4S. The predicted molar refractivity (Wildman–Crippen MR) is 61.7 cm³/mol. The van der Waals surface area contributed by atoms with E-state index in [4.69, 9.17) is 5.11 Å². The van der Waals surface area contributed by atoms with E-state index < -0.39 is 33.6 Å². The first kappa shape index (κ1) is 14.1.